The molecule has 1 atom stereocenters. The van der Waals surface area contributed by atoms with Crippen LogP contribution in [0.15, 0.2) is 28.8 Å². The fourth-order valence-electron chi connectivity index (χ4n) is 2.52. The first-order valence-corrected chi connectivity index (χ1v) is 9.59. The smallest absolute Gasteiger partial charge is 0.404 e. The van der Waals surface area contributed by atoms with Gasteiger partial charge in [0.1, 0.15) is 5.75 Å². The topological polar surface area (TPSA) is 78.4 Å². The summed E-state index contributed by atoms with van der Waals surface area (Å²) < 4.78 is 44.0. The number of halogens is 4. The van der Waals surface area contributed by atoms with Crippen LogP contribution in [-0.2, 0) is 0 Å². The number of hydrogen-bond donors (Lipinski definition) is 1. The molecule has 29 heavy (non-hydrogen) atoms. The van der Waals surface area contributed by atoms with Gasteiger partial charge in [0.25, 0.3) is 0 Å². The zero-order valence-electron chi connectivity index (χ0n) is 16.8. The maximum atomic E-state index is 11.8. The third kappa shape index (κ3) is 9.21. The van der Waals surface area contributed by atoms with Crippen LogP contribution >= 0.6 is 11.6 Å². The van der Waals surface area contributed by atoms with Crippen LogP contribution in [-0.4, -0.2) is 17.3 Å². The summed E-state index contributed by atoms with van der Waals surface area (Å²) in [6.07, 6.45) is -1.30. The number of carbonyl (C=O) groups is 1. The molecule has 1 aromatic heterocycles. The Morgan fingerprint density at radius 2 is 1.93 bits per heavy atom. The Labute approximate surface area is 173 Å². The quantitative estimate of drug-likeness (QED) is 0.495. The van der Waals surface area contributed by atoms with Crippen molar-refractivity contribution in [2.75, 3.05) is 5.73 Å². The Kier molecular flexibility index (Phi) is 9.49. The van der Waals surface area contributed by atoms with Crippen LogP contribution < -0.4 is 10.5 Å². The van der Waals surface area contributed by atoms with Crippen LogP contribution in [0, 0.1) is 5.92 Å². The number of nitrogen functional groups attached to an aromatic ring is 1. The first kappa shape index (κ1) is 24.8. The summed E-state index contributed by atoms with van der Waals surface area (Å²) in [5.74, 6) is 0.861. The molecule has 1 aromatic carbocycles. The molecule has 5 nitrogen and oxygen atoms in total. The molecule has 0 saturated heterocycles. The number of nitrogens with zero attached hydrogens (tertiary/aromatic N) is 1. The van der Waals surface area contributed by atoms with Crippen molar-refractivity contribution in [3.05, 3.63) is 40.5 Å². The minimum absolute atomic E-state index is 0.231. The highest BCUT2D eigenvalue weighted by Gasteiger charge is 2.32. The monoisotopic (exact) mass is 434 g/mol. The van der Waals surface area contributed by atoms with Gasteiger partial charge in [0.15, 0.2) is 5.78 Å². The fraction of sp³-hybridized carbons (Fsp3) is 0.500. The van der Waals surface area contributed by atoms with Gasteiger partial charge in [0, 0.05) is 17.5 Å². The molecule has 1 heterocycles. The third-order valence-corrected chi connectivity index (χ3v) is 4.41. The van der Waals surface area contributed by atoms with E-state index in [0.717, 1.165) is 30.2 Å². The Bertz CT molecular complexity index is 792. The molecular formula is C20H26ClF3N2O3. The normalized spacial score (nSPS) is 12.3. The fourth-order valence-corrected chi connectivity index (χ4v) is 2.74. The zero-order chi connectivity index (χ0) is 22.2. The Morgan fingerprint density at radius 1 is 1.28 bits per heavy atom. The molecule has 2 aromatic rings. The van der Waals surface area contributed by atoms with Crippen LogP contribution in [0.3, 0.4) is 0 Å². The number of ketones is 1. The van der Waals surface area contributed by atoms with E-state index in [-0.39, 0.29) is 16.4 Å². The van der Waals surface area contributed by atoms with Crippen molar-refractivity contribution in [2.45, 2.75) is 59.2 Å². The molecule has 162 valence electrons. The van der Waals surface area contributed by atoms with Crippen molar-refractivity contribution in [3.63, 3.8) is 0 Å². The van der Waals surface area contributed by atoms with E-state index >= 15 is 0 Å². The predicted octanol–water partition coefficient (Wildman–Crippen LogP) is 6.63. The average molecular weight is 435 g/mol. The van der Waals surface area contributed by atoms with Crippen molar-refractivity contribution in [2.24, 2.45) is 5.92 Å². The van der Waals surface area contributed by atoms with E-state index in [2.05, 4.69) is 30.7 Å². The van der Waals surface area contributed by atoms with E-state index in [1.54, 1.807) is 0 Å². The lowest BCUT2D eigenvalue weighted by Crippen LogP contribution is -2.17. The van der Waals surface area contributed by atoms with Gasteiger partial charge < -0.3 is 15.0 Å². The molecule has 0 spiro atoms. The number of rotatable bonds is 7. The van der Waals surface area contributed by atoms with Gasteiger partial charge in [-0.2, -0.15) is 0 Å². The van der Waals surface area contributed by atoms with Gasteiger partial charge in [-0.3, -0.25) is 4.79 Å². The van der Waals surface area contributed by atoms with Crippen LogP contribution in [0.1, 0.15) is 68.9 Å². The van der Waals surface area contributed by atoms with Crippen molar-refractivity contribution in [3.8, 4) is 5.75 Å². The predicted molar refractivity (Wildman–Crippen MR) is 106 cm³/mol. The van der Waals surface area contributed by atoms with Crippen molar-refractivity contribution >= 4 is 23.3 Å². The number of carbonyl (C=O) groups excluding carboxylic acids is 1. The lowest BCUT2D eigenvalue weighted by Gasteiger charge is -2.12. The standard InChI is InChI=1S/C11H20N2O.C9H6ClF3O2/c1-4-9(6-5-8(2)3)10-7-11(12)14-13-10;1-5(14)6-2-3-8(7(10)4-6)15-9(11,12)13/h7-9H,4-6,12H2,1-3H3;2-4H,1H3. The number of ether oxygens (including phenoxy) is 1. The van der Waals surface area contributed by atoms with E-state index in [4.69, 9.17) is 21.9 Å². The van der Waals surface area contributed by atoms with Gasteiger partial charge in [-0.05, 0) is 43.9 Å². The highest BCUT2D eigenvalue weighted by atomic mass is 35.5. The number of hydrogen-bond acceptors (Lipinski definition) is 5. The number of aromatic nitrogens is 1. The zero-order valence-corrected chi connectivity index (χ0v) is 17.6. The van der Waals surface area contributed by atoms with E-state index in [1.807, 2.05) is 6.07 Å². The summed E-state index contributed by atoms with van der Waals surface area (Å²) in [7, 11) is 0. The highest BCUT2D eigenvalue weighted by molar-refractivity contribution is 6.32. The van der Waals surface area contributed by atoms with Crippen LogP contribution in [0.2, 0.25) is 5.02 Å². The molecular weight excluding hydrogens is 409 g/mol. The summed E-state index contributed by atoms with van der Waals surface area (Å²) in [5.41, 5.74) is 6.73. The molecule has 0 aliphatic rings. The molecule has 0 saturated carbocycles. The van der Waals surface area contributed by atoms with Crippen molar-refractivity contribution < 1.29 is 27.2 Å². The van der Waals surface area contributed by atoms with E-state index < -0.39 is 12.1 Å². The molecule has 0 aliphatic carbocycles. The van der Waals surface area contributed by atoms with Gasteiger partial charge in [-0.25, -0.2) is 0 Å². The summed E-state index contributed by atoms with van der Waals surface area (Å²) in [6, 6.07) is 5.20. The second-order valence-corrected chi connectivity index (χ2v) is 7.39. The van der Waals surface area contributed by atoms with Gasteiger partial charge in [-0.1, -0.05) is 43.9 Å². The first-order valence-electron chi connectivity index (χ1n) is 9.21. The number of benzene rings is 1. The summed E-state index contributed by atoms with van der Waals surface area (Å²) >= 11 is 5.50. The number of Topliss-reactive ketones (excluding diaryl/α,β-unsaturated/α-hetero) is 1. The third-order valence-electron chi connectivity index (χ3n) is 4.11. The van der Waals surface area contributed by atoms with Gasteiger partial charge >= 0.3 is 6.36 Å². The largest absolute Gasteiger partial charge is 0.573 e. The Morgan fingerprint density at radius 3 is 2.34 bits per heavy atom. The molecule has 2 rings (SSSR count). The second kappa shape index (κ2) is 11.1. The number of nitrogens with two attached hydrogens (primary N) is 1. The minimum atomic E-state index is -4.79. The summed E-state index contributed by atoms with van der Waals surface area (Å²) in [6.45, 7) is 7.94. The molecule has 9 heteroatoms. The Balaban J connectivity index is 0.000000291. The van der Waals surface area contributed by atoms with E-state index in [9.17, 15) is 18.0 Å². The molecule has 0 radical (unpaired) electrons. The van der Waals surface area contributed by atoms with E-state index in [1.165, 1.54) is 25.8 Å². The summed E-state index contributed by atoms with van der Waals surface area (Å²) in [4.78, 5) is 10.9. The van der Waals surface area contributed by atoms with Crippen molar-refractivity contribution in [1.29, 1.82) is 0 Å². The highest BCUT2D eigenvalue weighted by Crippen LogP contribution is 2.30. The average Bonchev–Trinajstić information content (AvgIpc) is 3.02. The van der Waals surface area contributed by atoms with Gasteiger partial charge in [0.05, 0.1) is 10.7 Å². The van der Waals surface area contributed by atoms with E-state index in [0.29, 0.717) is 11.8 Å². The van der Waals surface area contributed by atoms with Gasteiger partial charge in [-0.15, -0.1) is 13.2 Å². The molecule has 0 bridgehead atoms. The lowest BCUT2D eigenvalue weighted by molar-refractivity contribution is -0.274. The molecule has 1 unspecified atom stereocenters. The maximum Gasteiger partial charge on any atom is 0.573 e. The van der Waals surface area contributed by atoms with Crippen LogP contribution in [0.5, 0.6) is 5.75 Å². The number of alkyl halides is 3. The first-order chi connectivity index (χ1) is 13.4. The SMILES string of the molecule is CC(=O)c1ccc(OC(F)(F)F)c(Cl)c1.CCC(CCC(C)C)c1cc(N)on1. The molecule has 0 fully saturated rings. The summed E-state index contributed by atoms with van der Waals surface area (Å²) in [5, 5.41) is 3.71. The maximum absolute atomic E-state index is 11.8. The molecule has 0 amide bonds. The number of anilines is 1. The van der Waals surface area contributed by atoms with Crippen LogP contribution in [0.25, 0.3) is 0 Å². The van der Waals surface area contributed by atoms with Crippen molar-refractivity contribution in [1.82, 2.24) is 5.16 Å². The lowest BCUT2D eigenvalue weighted by atomic mass is 9.93. The second-order valence-electron chi connectivity index (χ2n) is 6.98. The van der Waals surface area contributed by atoms with Gasteiger partial charge in [0.2, 0.25) is 5.88 Å². The molecule has 2 N–H and O–H groups in total. The van der Waals surface area contributed by atoms with Crippen LogP contribution in [0.4, 0.5) is 19.1 Å². The Hall–Kier alpha value is -2.22. The molecule has 0 aliphatic heterocycles. The minimum Gasteiger partial charge on any atom is -0.404 e.